The van der Waals surface area contributed by atoms with Crippen LogP contribution < -0.4 is 5.56 Å². The van der Waals surface area contributed by atoms with Gasteiger partial charge in [0.25, 0.3) is 5.56 Å². The molecular weight excluding hydrogens is 302 g/mol. The monoisotopic (exact) mass is 327 g/mol. The molecule has 2 aromatic rings. The fourth-order valence-corrected chi connectivity index (χ4v) is 3.70. The average Bonchev–Trinajstić information content (AvgIpc) is 2.60. The summed E-state index contributed by atoms with van der Waals surface area (Å²) in [5.74, 6) is 0.0922. The lowest BCUT2D eigenvalue weighted by Crippen LogP contribution is -2.38. The fourth-order valence-electron chi connectivity index (χ4n) is 3.70. The standard InChI is InChI=1S/C19H25N3O2/c1-3-22-14(2)13-16(23)17(19(22)24)18(15-7-9-20-10-8-15)21-11-5-4-6-12-21/h7-10,13,18,23H,3-6,11-12H2,1-2H3/t18-/m1/s1. The van der Waals surface area contributed by atoms with E-state index in [4.69, 9.17) is 0 Å². The number of rotatable bonds is 4. The van der Waals surface area contributed by atoms with Gasteiger partial charge in [-0.1, -0.05) is 6.42 Å². The lowest BCUT2D eigenvalue weighted by atomic mass is 9.95. The van der Waals surface area contributed by atoms with Crippen LogP contribution in [0.15, 0.2) is 35.4 Å². The van der Waals surface area contributed by atoms with Crippen LogP contribution >= 0.6 is 0 Å². The number of aryl methyl sites for hydroxylation is 1. The van der Waals surface area contributed by atoms with Crippen molar-refractivity contribution in [2.24, 2.45) is 0 Å². The summed E-state index contributed by atoms with van der Waals surface area (Å²) in [7, 11) is 0. The Morgan fingerprint density at radius 3 is 2.50 bits per heavy atom. The van der Waals surface area contributed by atoms with Crippen LogP contribution in [0.5, 0.6) is 5.75 Å². The fraction of sp³-hybridized carbons (Fsp3) is 0.474. The minimum atomic E-state index is -0.223. The zero-order valence-corrected chi connectivity index (χ0v) is 14.4. The Labute approximate surface area is 142 Å². The van der Waals surface area contributed by atoms with E-state index in [0.29, 0.717) is 12.1 Å². The largest absolute Gasteiger partial charge is 0.507 e. The van der Waals surface area contributed by atoms with Crippen LogP contribution in [-0.4, -0.2) is 32.6 Å². The number of aromatic hydroxyl groups is 1. The van der Waals surface area contributed by atoms with Gasteiger partial charge in [0.05, 0.1) is 11.6 Å². The van der Waals surface area contributed by atoms with E-state index < -0.39 is 0 Å². The van der Waals surface area contributed by atoms with Gasteiger partial charge in [0.2, 0.25) is 0 Å². The maximum Gasteiger partial charge on any atom is 0.259 e. The van der Waals surface area contributed by atoms with Crippen LogP contribution in [0.1, 0.15) is 49.0 Å². The molecule has 0 saturated carbocycles. The van der Waals surface area contributed by atoms with Crippen molar-refractivity contribution in [3.05, 3.63) is 57.8 Å². The smallest absolute Gasteiger partial charge is 0.259 e. The van der Waals surface area contributed by atoms with Crippen molar-refractivity contribution < 1.29 is 5.11 Å². The Kier molecular flexibility index (Phi) is 5.00. The highest BCUT2D eigenvalue weighted by Crippen LogP contribution is 2.33. The maximum atomic E-state index is 13.1. The average molecular weight is 327 g/mol. The van der Waals surface area contributed by atoms with Gasteiger partial charge in [0.1, 0.15) is 5.75 Å². The zero-order valence-electron chi connectivity index (χ0n) is 14.4. The second-order valence-corrected chi connectivity index (χ2v) is 6.41. The molecule has 1 atom stereocenters. The molecule has 3 heterocycles. The van der Waals surface area contributed by atoms with Crippen molar-refractivity contribution in [3.8, 4) is 5.75 Å². The third kappa shape index (κ3) is 3.08. The Morgan fingerprint density at radius 2 is 1.88 bits per heavy atom. The van der Waals surface area contributed by atoms with E-state index in [2.05, 4.69) is 9.88 Å². The van der Waals surface area contributed by atoms with Crippen molar-refractivity contribution in [3.63, 3.8) is 0 Å². The summed E-state index contributed by atoms with van der Waals surface area (Å²) < 4.78 is 1.73. The second kappa shape index (κ2) is 7.18. The highest BCUT2D eigenvalue weighted by molar-refractivity contribution is 5.40. The molecule has 0 spiro atoms. The van der Waals surface area contributed by atoms with Crippen molar-refractivity contribution in [1.29, 1.82) is 0 Å². The topological polar surface area (TPSA) is 58.4 Å². The molecule has 128 valence electrons. The van der Waals surface area contributed by atoms with E-state index in [9.17, 15) is 9.90 Å². The van der Waals surface area contributed by atoms with E-state index in [-0.39, 0.29) is 17.4 Å². The highest BCUT2D eigenvalue weighted by atomic mass is 16.3. The number of pyridine rings is 2. The summed E-state index contributed by atoms with van der Waals surface area (Å²) in [5, 5.41) is 10.6. The molecule has 1 fully saturated rings. The first-order valence-electron chi connectivity index (χ1n) is 8.70. The Bertz CT molecular complexity index is 749. The third-order valence-electron chi connectivity index (χ3n) is 4.89. The first kappa shape index (κ1) is 16.7. The first-order valence-corrected chi connectivity index (χ1v) is 8.70. The number of hydrogen-bond donors (Lipinski definition) is 1. The van der Waals surface area contributed by atoms with E-state index >= 15 is 0 Å². The van der Waals surface area contributed by atoms with Crippen molar-refractivity contribution in [2.45, 2.75) is 45.7 Å². The number of hydrogen-bond acceptors (Lipinski definition) is 4. The van der Waals surface area contributed by atoms with Crippen LogP contribution in [0.2, 0.25) is 0 Å². The molecule has 5 heteroatoms. The molecule has 1 aliphatic rings. The number of piperidine rings is 1. The Morgan fingerprint density at radius 1 is 1.21 bits per heavy atom. The molecule has 24 heavy (non-hydrogen) atoms. The third-order valence-corrected chi connectivity index (χ3v) is 4.89. The molecule has 2 aromatic heterocycles. The highest BCUT2D eigenvalue weighted by Gasteiger charge is 2.29. The minimum Gasteiger partial charge on any atom is -0.507 e. The van der Waals surface area contributed by atoms with E-state index in [1.807, 2.05) is 26.0 Å². The Hall–Kier alpha value is -2.14. The molecule has 1 saturated heterocycles. The molecular formula is C19H25N3O2. The van der Waals surface area contributed by atoms with E-state index in [1.54, 1.807) is 23.0 Å². The molecule has 0 bridgehead atoms. The van der Waals surface area contributed by atoms with Crippen LogP contribution in [0.25, 0.3) is 0 Å². The van der Waals surface area contributed by atoms with Crippen LogP contribution in [0, 0.1) is 6.92 Å². The predicted molar refractivity (Wildman–Crippen MR) is 94.3 cm³/mol. The SMILES string of the molecule is CCn1c(C)cc(O)c([C@@H](c2ccncc2)N2CCCCC2)c1=O. The van der Waals surface area contributed by atoms with E-state index in [1.165, 1.54) is 6.42 Å². The molecule has 5 nitrogen and oxygen atoms in total. The summed E-state index contributed by atoms with van der Waals surface area (Å²) in [4.78, 5) is 19.5. The molecule has 0 aromatic carbocycles. The lowest BCUT2D eigenvalue weighted by Gasteiger charge is -2.35. The van der Waals surface area contributed by atoms with Gasteiger partial charge in [-0.2, -0.15) is 0 Å². The minimum absolute atomic E-state index is 0.0922. The van der Waals surface area contributed by atoms with Crippen LogP contribution in [0.4, 0.5) is 0 Å². The van der Waals surface area contributed by atoms with Gasteiger partial charge in [0.15, 0.2) is 0 Å². The van der Waals surface area contributed by atoms with Crippen molar-refractivity contribution in [1.82, 2.24) is 14.5 Å². The lowest BCUT2D eigenvalue weighted by molar-refractivity contribution is 0.183. The van der Waals surface area contributed by atoms with Gasteiger partial charge >= 0.3 is 0 Å². The first-order chi connectivity index (χ1) is 11.6. The van der Waals surface area contributed by atoms with Gasteiger partial charge < -0.3 is 9.67 Å². The van der Waals surface area contributed by atoms with Gasteiger partial charge in [-0.05, 0) is 63.5 Å². The normalized spacial score (nSPS) is 16.9. The number of aromatic nitrogens is 2. The van der Waals surface area contributed by atoms with Gasteiger partial charge in [-0.3, -0.25) is 14.7 Å². The van der Waals surface area contributed by atoms with Gasteiger partial charge in [-0.15, -0.1) is 0 Å². The van der Waals surface area contributed by atoms with Gasteiger partial charge in [0, 0.05) is 24.6 Å². The quantitative estimate of drug-likeness (QED) is 0.938. The molecule has 0 aliphatic carbocycles. The maximum absolute atomic E-state index is 13.1. The molecule has 0 unspecified atom stereocenters. The summed E-state index contributed by atoms with van der Waals surface area (Å²) in [6, 6.07) is 5.36. The Balaban J connectivity index is 2.18. The van der Waals surface area contributed by atoms with E-state index in [0.717, 1.165) is 37.2 Å². The summed E-state index contributed by atoms with van der Waals surface area (Å²) in [5.41, 5.74) is 2.18. The molecule has 3 rings (SSSR count). The predicted octanol–water partition coefficient (Wildman–Crippen LogP) is 2.85. The van der Waals surface area contributed by atoms with Crippen molar-refractivity contribution >= 4 is 0 Å². The summed E-state index contributed by atoms with van der Waals surface area (Å²) >= 11 is 0. The van der Waals surface area contributed by atoms with Crippen molar-refractivity contribution in [2.75, 3.05) is 13.1 Å². The van der Waals surface area contributed by atoms with Crippen LogP contribution in [0.3, 0.4) is 0 Å². The zero-order chi connectivity index (χ0) is 17.1. The van der Waals surface area contributed by atoms with Gasteiger partial charge in [-0.25, -0.2) is 0 Å². The molecule has 0 radical (unpaired) electrons. The summed E-state index contributed by atoms with van der Waals surface area (Å²) in [6.07, 6.45) is 6.96. The summed E-state index contributed by atoms with van der Waals surface area (Å²) in [6.45, 7) is 6.28. The molecule has 1 N–H and O–H groups in total. The van der Waals surface area contributed by atoms with Crippen LogP contribution in [-0.2, 0) is 6.54 Å². The number of likely N-dealkylation sites (tertiary alicyclic amines) is 1. The number of nitrogens with zero attached hydrogens (tertiary/aromatic N) is 3. The second-order valence-electron chi connectivity index (χ2n) is 6.41. The molecule has 0 amide bonds. The molecule has 1 aliphatic heterocycles.